The van der Waals surface area contributed by atoms with Gasteiger partial charge in [-0.3, -0.25) is 14.6 Å². The Balaban J connectivity index is 1.34. The summed E-state index contributed by atoms with van der Waals surface area (Å²) in [6.07, 6.45) is 8.42. The van der Waals surface area contributed by atoms with Crippen LogP contribution in [0.1, 0.15) is 68.6 Å². The predicted molar refractivity (Wildman–Crippen MR) is 162 cm³/mol. The number of hydrogen-bond donors (Lipinski definition) is 3. The van der Waals surface area contributed by atoms with Crippen LogP contribution in [0.15, 0.2) is 60.9 Å². The molecule has 3 N–H and O–H groups in total. The third-order valence-electron chi connectivity index (χ3n) is 7.68. The van der Waals surface area contributed by atoms with Gasteiger partial charge in [0.25, 0.3) is 0 Å². The number of benzene rings is 2. The van der Waals surface area contributed by atoms with Gasteiger partial charge in [-0.25, -0.2) is 4.98 Å². The minimum absolute atomic E-state index is 0.0716. The molecule has 1 unspecified atom stereocenters. The number of aryl methyl sites for hydroxylation is 1. The summed E-state index contributed by atoms with van der Waals surface area (Å²) >= 11 is 0. The maximum Gasteiger partial charge on any atom is 0.225 e. The highest BCUT2D eigenvalue weighted by Crippen LogP contribution is 2.28. The number of hydrogen-bond acceptors (Lipinski definition) is 5. The van der Waals surface area contributed by atoms with Crippen molar-refractivity contribution >= 4 is 33.5 Å². The Morgan fingerprint density at radius 1 is 1.02 bits per heavy atom. The Morgan fingerprint density at radius 2 is 1.90 bits per heavy atom. The first-order chi connectivity index (χ1) is 19.9. The SMILES string of the molecule is CCC(=O)CCCCCC(NC(=O)Cc1c(C)[nH]c2ccc(OC)cc12)c1ncc(-c2ccc3ncccc3c2)[nH]1. The number of pyridine rings is 1. The van der Waals surface area contributed by atoms with Gasteiger partial charge in [-0.05, 0) is 61.7 Å². The molecule has 0 bridgehead atoms. The normalized spacial score (nSPS) is 12.1. The standard InChI is InChI=1S/C33H37N5O3/c1-4-24(39)10-6-5-7-11-30(33-35-20-31(38-33)23-12-14-28-22(17-23)9-8-16-34-28)37-32(40)19-26-21(2)36-29-15-13-25(41-3)18-27(26)29/h8-9,12-18,20,30,36H,4-7,10-11,19H2,1-3H3,(H,35,38)(H,37,40). The molecule has 5 aromatic rings. The van der Waals surface area contributed by atoms with Crippen molar-refractivity contribution in [3.63, 3.8) is 0 Å². The summed E-state index contributed by atoms with van der Waals surface area (Å²) < 4.78 is 5.41. The summed E-state index contributed by atoms with van der Waals surface area (Å²) in [5.41, 5.74) is 5.73. The van der Waals surface area contributed by atoms with E-state index >= 15 is 0 Å². The van der Waals surface area contributed by atoms with Gasteiger partial charge in [0.1, 0.15) is 17.4 Å². The number of H-pyrrole nitrogens is 2. The number of carbonyl (C=O) groups excluding carboxylic acids is 2. The second-order valence-corrected chi connectivity index (χ2v) is 10.5. The van der Waals surface area contributed by atoms with Gasteiger partial charge < -0.3 is 20.0 Å². The number of ketones is 1. The van der Waals surface area contributed by atoms with Gasteiger partial charge in [-0.1, -0.05) is 31.9 Å². The van der Waals surface area contributed by atoms with E-state index in [9.17, 15) is 9.59 Å². The number of rotatable bonds is 13. The average molecular weight is 552 g/mol. The Kier molecular flexibility index (Phi) is 8.77. The molecule has 2 aromatic carbocycles. The highest BCUT2D eigenvalue weighted by molar-refractivity contribution is 5.91. The van der Waals surface area contributed by atoms with Gasteiger partial charge >= 0.3 is 0 Å². The molecule has 1 atom stereocenters. The van der Waals surface area contributed by atoms with Gasteiger partial charge in [-0.2, -0.15) is 0 Å². The molecule has 5 rings (SSSR count). The Labute approximate surface area is 239 Å². The number of ether oxygens (including phenoxy) is 1. The van der Waals surface area contributed by atoms with Crippen LogP contribution in [0.3, 0.4) is 0 Å². The lowest BCUT2D eigenvalue weighted by Gasteiger charge is -2.17. The van der Waals surface area contributed by atoms with Crippen LogP contribution in [0.5, 0.6) is 5.75 Å². The second kappa shape index (κ2) is 12.8. The first-order valence-corrected chi connectivity index (χ1v) is 14.3. The maximum absolute atomic E-state index is 13.4. The van der Waals surface area contributed by atoms with Crippen LogP contribution >= 0.6 is 0 Å². The Bertz CT molecular complexity index is 1670. The zero-order valence-electron chi connectivity index (χ0n) is 23.9. The zero-order valence-corrected chi connectivity index (χ0v) is 23.9. The Hall–Kier alpha value is -4.46. The van der Waals surface area contributed by atoms with Crippen molar-refractivity contribution in [2.45, 2.75) is 64.8 Å². The quantitative estimate of drug-likeness (QED) is 0.140. The lowest BCUT2D eigenvalue weighted by atomic mass is 10.0. The van der Waals surface area contributed by atoms with Crippen LogP contribution in [0.2, 0.25) is 0 Å². The van der Waals surface area contributed by atoms with Crippen molar-refractivity contribution in [3.05, 3.63) is 78.0 Å². The van der Waals surface area contributed by atoms with Gasteiger partial charge in [-0.15, -0.1) is 0 Å². The fraction of sp³-hybridized carbons (Fsp3) is 0.333. The van der Waals surface area contributed by atoms with E-state index in [0.717, 1.165) is 81.6 Å². The molecule has 8 heteroatoms. The molecule has 0 spiro atoms. The summed E-state index contributed by atoms with van der Waals surface area (Å²) in [7, 11) is 1.64. The molecular weight excluding hydrogens is 514 g/mol. The largest absolute Gasteiger partial charge is 0.497 e. The summed E-state index contributed by atoms with van der Waals surface area (Å²) in [4.78, 5) is 41.1. The highest BCUT2D eigenvalue weighted by Gasteiger charge is 2.20. The van der Waals surface area contributed by atoms with Gasteiger partial charge in [0, 0.05) is 46.6 Å². The number of amides is 1. The van der Waals surface area contributed by atoms with E-state index in [1.807, 2.05) is 62.5 Å². The number of fused-ring (bicyclic) bond motifs is 2. The highest BCUT2D eigenvalue weighted by atomic mass is 16.5. The fourth-order valence-corrected chi connectivity index (χ4v) is 5.33. The number of aromatic nitrogens is 4. The van der Waals surface area contributed by atoms with Crippen molar-refractivity contribution < 1.29 is 14.3 Å². The minimum Gasteiger partial charge on any atom is -0.497 e. The monoisotopic (exact) mass is 551 g/mol. The third kappa shape index (κ3) is 6.65. The van der Waals surface area contributed by atoms with E-state index in [0.29, 0.717) is 18.6 Å². The van der Waals surface area contributed by atoms with Crippen LogP contribution in [-0.4, -0.2) is 38.7 Å². The van der Waals surface area contributed by atoms with E-state index in [-0.39, 0.29) is 18.4 Å². The van der Waals surface area contributed by atoms with Crippen molar-refractivity contribution in [3.8, 4) is 17.0 Å². The van der Waals surface area contributed by atoms with Crippen LogP contribution in [0.25, 0.3) is 33.1 Å². The molecule has 212 valence electrons. The molecule has 0 saturated heterocycles. The number of aromatic amines is 2. The smallest absolute Gasteiger partial charge is 0.225 e. The van der Waals surface area contributed by atoms with Crippen LogP contribution in [0, 0.1) is 6.92 Å². The number of unbranched alkanes of at least 4 members (excludes halogenated alkanes) is 2. The Morgan fingerprint density at radius 3 is 2.73 bits per heavy atom. The summed E-state index contributed by atoms with van der Waals surface area (Å²) in [5, 5.41) is 5.28. The topological polar surface area (TPSA) is 113 Å². The zero-order chi connectivity index (χ0) is 28.8. The molecule has 3 aromatic heterocycles. The minimum atomic E-state index is -0.278. The van der Waals surface area contributed by atoms with E-state index in [1.165, 1.54) is 0 Å². The van der Waals surface area contributed by atoms with Crippen molar-refractivity contribution in [2.75, 3.05) is 7.11 Å². The summed E-state index contributed by atoms with van der Waals surface area (Å²) in [6.45, 7) is 3.89. The predicted octanol–water partition coefficient (Wildman–Crippen LogP) is 6.75. The number of nitrogens with one attached hydrogen (secondary N) is 3. The number of nitrogens with zero attached hydrogens (tertiary/aromatic N) is 2. The molecule has 0 fully saturated rings. The van der Waals surface area contributed by atoms with Gasteiger partial charge in [0.05, 0.1) is 37.0 Å². The molecule has 1 amide bonds. The molecule has 0 aliphatic carbocycles. The number of methoxy groups -OCH3 is 1. The van der Waals surface area contributed by atoms with E-state index in [2.05, 4.69) is 26.3 Å². The molecule has 3 heterocycles. The fourth-order valence-electron chi connectivity index (χ4n) is 5.33. The molecule has 0 aliphatic heterocycles. The molecule has 0 radical (unpaired) electrons. The summed E-state index contributed by atoms with van der Waals surface area (Å²) in [5.74, 6) is 1.70. The second-order valence-electron chi connectivity index (χ2n) is 10.5. The van der Waals surface area contributed by atoms with Gasteiger partial charge in [0.15, 0.2) is 0 Å². The maximum atomic E-state index is 13.4. The third-order valence-corrected chi connectivity index (χ3v) is 7.68. The number of Topliss-reactive ketones (excluding diaryl/α,β-unsaturated/α-hetero) is 1. The van der Waals surface area contributed by atoms with Crippen molar-refractivity contribution in [1.29, 1.82) is 0 Å². The lowest BCUT2D eigenvalue weighted by molar-refractivity contribution is -0.121. The molecule has 8 nitrogen and oxygen atoms in total. The van der Waals surface area contributed by atoms with E-state index in [4.69, 9.17) is 9.72 Å². The molecule has 0 saturated carbocycles. The van der Waals surface area contributed by atoms with Crippen LogP contribution in [-0.2, 0) is 16.0 Å². The van der Waals surface area contributed by atoms with Crippen LogP contribution < -0.4 is 10.1 Å². The average Bonchev–Trinajstić information content (AvgIpc) is 3.60. The molecular formula is C33H37N5O3. The molecule has 0 aliphatic rings. The van der Waals surface area contributed by atoms with Crippen molar-refractivity contribution in [1.82, 2.24) is 25.3 Å². The van der Waals surface area contributed by atoms with Gasteiger partial charge in [0.2, 0.25) is 5.91 Å². The molecule has 41 heavy (non-hydrogen) atoms. The number of imidazole rings is 1. The first kappa shape index (κ1) is 28.1. The lowest BCUT2D eigenvalue weighted by Crippen LogP contribution is -2.30. The van der Waals surface area contributed by atoms with E-state index < -0.39 is 0 Å². The summed E-state index contributed by atoms with van der Waals surface area (Å²) in [6, 6.07) is 15.7. The number of carbonyl (C=O) groups is 2. The van der Waals surface area contributed by atoms with Crippen molar-refractivity contribution in [2.24, 2.45) is 0 Å². The first-order valence-electron chi connectivity index (χ1n) is 14.3. The van der Waals surface area contributed by atoms with E-state index in [1.54, 1.807) is 13.3 Å². The van der Waals surface area contributed by atoms with Crippen LogP contribution in [0.4, 0.5) is 0 Å².